The van der Waals surface area contributed by atoms with Crippen molar-refractivity contribution in [3.63, 3.8) is 0 Å². The summed E-state index contributed by atoms with van der Waals surface area (Å²) in [6.45, 7) is 1.97. The molecule has 35 heavy (non-hydrogen) atoms. The van der Waals surface area contributed by atoms with E-state index in [0.29, 0.717) is 53.7 Å². The summed E-state index contributed by atoms with van der Waals surface area (Å²) in [4.78, 5) is 20.7. The second-order valence-corrected chi connectivity index (χ2v) is 8.44. The first-order valence-electron chi connectivity index (χ1n) is 11.4. The van der Waals surface area contributed by atoms with Crippen molar-refractivity contribution in [2.45, 2.75) is 18.4 Å². The number of pyridine rings is 1. The van der Waals surface area contributed by atoms with E-state index in [2.05, 4.69) is 20.6 Å². The monoisotopic (exact) mass is 482 g/mol. The quantitative estimate of drug-likeness (QED) is 0.428. The third-order valence-electron chi connectivity index (χ3n) is 6.24. The van der Waals surface area contributed by atoms with Crippen LogP contribution in [0.25, 0.3) is 11.3 Å². The fourth-order valence-electron chi connectivity index (χ4n) is 4.39. The Morgan fingerprint density at radius 1 is 1.26 bits per heavy atom. The SMILES string of the molecule is COC[C@@H]1CNC(=O)c2c1[nH]c(-c1ccncc1OC[C@H]1CCO1)c2Nc1cccc(F)c1OC. The van der Waals surface area contributed by atoms with E-state index in [0.717, 1.165) is 18.7 Å². The molecule has 2 aliphatic heterocycles. The fraction of sp³-hybridized carbons (Fsp3) is 0.360. The number of amides is 1. The average Bonchev–Trinajstić information content (AvgIpc) is 3.20. The summed E-state index contributed by atoms with van der Waals surface area (Å²) in [5.74, 6) is -0.261. The van der Waals surface area contributed by atoms with Crippen LogP contribution in [-0.2, 0) is 9.47 Å². The van der Waals surface area contributed by atoms with E-state index in [1.165, 1.54) is 13.2 Å². The minimum absolute atomic E-state index is 0.0471. The predicted molar refractivity (Wildman–Crippen MR) is 127 cm³/mol. The molecule has 1 saturated heterocycles. The topological polar surface area (TPSA) is 107 Å². The number of halogens is 1. The van der Waals surface area contributed by atoms with Crippen LogP contribution in [0.3, 0.4) is 0 Å². The van der Waals surface area contributed by atoms with Crippen molar-refractivity contribution in [1.82, 2.24) is 15.3 Å². The maximum Gasteiger partial charge on any atom is 0.255 e. The lowest BCUT2D eigenvalue weighted by Crippen LogP contribution is -2.36. The van der Waals surface area contributed by atoms with Crippen LogP contribution in [0.4, 0.5) is 15.8 Å². The molecular formula is C25H27FN4O5. The molecule has 9 nitrogen and oxygen atoms in total. The van der Waals surface area contributed by atoms with Gasteiger partial charge in [0.15, 0.2) is 11.6 Å². The lowest BCUT2D eigenvalue weighted by Gasteiger charge is -2.26. The predicted octanol–water partition coefficient (Wildman–Crippen LogP) is 3.61. The van der Waals surface area contributed by atoms with Crippen LogP contribution in [0.1, 0.15) is 28.4 Å². The number of benzene rings is 1. The van der Waals surface area contributed by atoms with Gasteiger partial charge >= 0.3 is 0 Å². The molecule has 0 unspecified atom stereocenters. The van der Waals surface area contributed by atoms with Crippen LogP contribution < -0.4 is 20.1 Å². The number of carbonyl (C=O) groups excluding carboxylic acids is 1. The zero-order chi connectivity index (χ0) is 24.4. The number of nitrogens with zero attached hydrogens (tertiary/aromatic N) is 1. The minimum Gasteiger partial charge on any atom is -0.492 e. The summed E-state index contributed by atoms with van der Waals surface area (Å²) in [5.41, 5.74) is 3.36. The van der Waals surface area contributed by atoms with Gasteiger partial charge in [-0.25, -0.2) is 4.39 Å². The molecule has 5 rings (SSSR count). The molecule has 2 aromatic heterocycles. The fourth-order valence-corrected chi connectivity index (χ4v) is 4.39. The largest absolute Gasteiger partial charge is 0.492 e. The Bertz CT molecular complexity index is 1230. The Kier molecular flexibility index (Phi) is 6.56. The Labute approximate surface area is 201 Å². The van der Waals surface area contributed by atoms with E-state index < -0.39 is 5.82 Å². The molecule has 1 fully saturated rings. The van der Waals surface area contributed by atoms with Crippen molar-refractivity contribution >= 4 is 17.3 Å². The molecule has 0 aliphatic carbocycles. The number of fused-ring (bicyclic) bond motifs is 1. The van der Waals surface area contributed by atoms with Crippen molar-refractivity contribution < 1.29 is 28.1 Å². The minimum atomic E-state index is -0.515. The van der Waals surface area contributed by atoms with Gasteiger partial charge in [-0.3, -0.25) is 9.78 Å². The van der Waals surface area contributed by atoms with Crippen LogP contribution in [0.15, 0.2) is 36.7 Å². The Balaban J connectivity index is 1.63. The lowest BCUT2D eigenvalue weighted by atomic mass is 9.97. The van der Waals surface area contributed by atoms with Crippen molar-refractivity contribution in [3.05, 3.63) is 53.7 Å². The zero-order valence-corrected chi connectivity index (χ0v) is 19.5. The van der Waals surface area contributed by atoms with Crippen LogP contribution >= 0.6 is 0 Å². The number of carbonyl (C=O) groups is 1. The van der Waals surface area contributed by atoms with Gasteiger partial charge in [-0.1, -0.05) is 6.07 Å². The number of aromatic amines is 1. The number of rotatable bonds is 9. The smallest absolute Gasteiger partial charge is 0.255 e. The summed E-state index contributed by atoms with van der Waals surface area (Å²) in [5, 5.41) is 6.18. The third-order valence-corrected chi connectivity index (χ3v) is 6.24. The average molecular weight is 483 g/mol. The number of nitrogens with one attached hydrogen (secondary N) is 3. The van der Waals surface area contributed by atoms with Crippen molar-refractivity contribution in [2.24, 2.45) is 0 Å². The Hall–Kier alpha value is -3.63. The number of aromatic nitrogens is 2. The molecule has 1 aromatic carbocycles. The highest BCUT2D eigenvalue weighted by molar-refractivity contribution is 6.07. The van der Waals surface area contributed by atoms with E-state index in [1.54, 1.807) is 31.6 Å². The van der Waals surface area contributed by atoms with E-state index in [1.807, 2.05) is 6.07 Å². The van der Waals surface area contributed by atoms with Gasteiger partial charge in [0.1, 0.15) is 12.4 Å². The maximum atomic E-state index is 14.5. The molecule has 184 valence electrons. The van der Waals surface area contributed by atoms with Crippen LogP contribution in [0.5, 0.6) is 11.5 Å². The third kappa shape index (κ3) is 4.42. The van der Waals surface area contributed by atoms with Crippen molar-refractivity contribution in [2.75, 3.05) is 45.9 Å². The van der Waals surface area contributed by atoms with Gasteiger partial charge in [-0.2, -0.15) is 0 Å². The zero-order valence-electron chi connectivity index (χ0n) is 19.5. The lowest BCUT2D eigenvalue weighted by molar-refractivity contribution is -0.0720. The second kappa shape index (κ2) is 9.93. The molecule has 0 saturated carbocycles. The molecule has 4 heterocycles. The normalized spacial score (nSPS) is 18.9. The summed E-state index contributed by atoms with van der Waals surface area (Å²) >= 11 is 0. The Morgan fingerprint density at radius 2 is 2.11 bits per heavy atom. The highest BCUT2D eigenvalue weighted by Crippen LogP contribution is 2.43. The molecule has 0 spiro atoms. The number of H-pyrrole nitrogens is 1. The van der Waals surface area contributed by atoms with Gasteiger partial charge in [0.2, 0.25) is 0 Å². The number of para-hydroxylation sites is 1. The highest BCUT2D eigenvalue weighted by atomic mass is 19.1. The molecule has 2 atom stereocenters. The van der Waals surface area contributed by atoms with Crippen molar-refractivity contribution in [3.8, 4) is 22.8 Å². The van der Waals surface area contributed by atoms with E-state index in [-0.39, 0.29) is 23.7 Å². The number of ether oxygens (including phenoxy) is 4. The standard InChI is InChI=1S/C25H27FN4O5/c1-32-12-14-10-28-25(31)20-21(14)30-22(23(20)29-18-5-3-4-17(26)24(18)33-2)16-6-8-27-11-19(16)35-13-15-7-9-34-15/h3-6,8,11,14-15,29-30H,7,9-10,12-13H2,1-2H3,(H,28,31)/t14-,15+/m0/s1. The number of anilines is 2. The van der Waals surface area contributed by atoms with Gasteiger partial charge in [0.05, 0.1) is 48.6 Å². The van der Waals surface area contributed by atoms with Gasteiger partial charge < -0.3 is 34.6 Å². The summed E-state index contributed by atoms with van der Waals surface area (Å²) in [7, 11) is 3.02. The van der Waals surface area contributed by atoms with E-state index >= 15 is 0 Å². The Morgan fingerprint density at radius 3 is 2.86 bits per heavy atom. The number of hydrogen-bond acceptors (Lipinski definition) is 7. The number of methoxy groups -OCH3 is 2. The molecular weight excluding hydrogens is 455 g/mol. The molecule has 0 bridgehead atoms. The van der Waals surface area contributed by atoms with Crippen molar-refractivity contribution in [1.29, 1.82) is 0 Å². The molecule has 3 aromatic rings. The van der Waals surface area contributed by atoms with E-state index in [9.17, 15) is 9.18 Å². The highest BCUT2D eigenvalue weighted by Gasteiger charge is 2.34. The summed E-state index contributed by atoms with van der Waals surface area (Å²) in [6, 6.07) is 6.39. The van der Waals surface area contributed by atoms with Gasteiger partial charge in [-0.05, 0) is 18.2 Å². The summed E-state index contributed by atoms with van der Waals surface area (Å²) < 4.78 is 36.7. The molecule has 3 N–H and O–H groups in total. The van der Waals surface area contributed by atoms with Gasteiger partial charge in [0.25, 0.3) is 5.91 Å². The first kappa shape index (κ1) is 23.1. The van der Waals surface area contributed by atoms with Gasteiger partial charge in [0, 0.05) is 50.1 Å². The maximum absolute atomic E-state index is 14.5. The first-order chi connectivity index (χ1) is 17.1. The first-order valence-corrected chi connectivity index (χ1v) is 11.4. The molecule has 1 amide bonds. The van der Waals surface area contributed by atoms with Gasteiger partial charge in [-0.15, -0.1) is 0 Å². The molecule has 0 radical (unpaired) electrons. The summed E-state index contributed by atoms with van der Waals surface area (Å²) in [6.07, 6.45) is 4.27. The van der Waals surface area contributed by atoms with Crippen LogP contribution in [0, 0.1) is 5.82 Å². The molecule has 2 aliphatic rings. The van der Waals surface area contributed by atoms with Crippen LogP contribution in [-0.4, -0.2) is 62.6 Å². The molecule has 10 heteroatoms. The van der Waals surface area contributed by atoms with E-state index in [4.69, 9.17) is 18.9 Å². The number of hydrogen-bond donors (Lipinski definition) is 3. The second-order valence-electron chi connectivity index (χ2n) is 8.44. The van der Waals surface area contributed by atoms with Crippen LogP contribution in [0.2, 0.25) is 0 Å².